The third kappa shape index (κ3) is 4.00. The van der Waals surface area contributed by atoms with Gasteiger partial charge in [-0.25, -0.2) is 0 Å². The first kappa shape index (κ1) is 12.2. The predicted octanol–water partition coefficient (Wildman–Crippen LogP) is 3.77. The summed E-state index contributed by atoms with van der Waals surface area (Å²) >= 11 is 6.04. The van der Waals surface area contributed by atoms with Crippen LogP contribution >= 0.6 is 11.6 Å². The summed E-state index contributed by atoms with van der Waals surface area (Å²) in [7, 11) is 0. The Balaban J connectivity index is 2.66. The number of halogens is 1. The summed E-state index contributed by atoms with van der Waals surface area (Å²) in [6.45, 7) is 7.46. The maximum absolute atomic E-state index is 6.04. The number of hydrogen-bond acceptors (Lipinski definition) is 2. The van der Waals surface area contributed by atoms with E-state index in [0.29, 0.717) is 29.9 Å². The van der Waals surface area contributed by atoms with Crippen LogP contribution in [0.15, 0.2) is 18.2 Å². The first-order chi connectivity index (χ1) is 7.13. The second kappa shape index (κ2) is 5.86. The van der Waals surface area contributed by atoms with Gasteiger partial charge in [-0.3, -0.25) is 0 Å². The van der Waals surface area contributed by atoms with Crippen molar-refractivity contribution in [2.45, 2.75) is 20.8 Å². The average Bonchev–Trinajstić information content (AvgIpc) is 2.17. The van der Waals surface area contributed by atoms with Crippen LogP contribution in [0.3, 0.4) is 0 Å². The minimum atomic E-state index is 0.493. The monoisotopic (exact) mass is 228 g/mol. The molecule has 0 atom stereocenters. The van der Waals surface area contributed by atoms with E-state index in [1.165, 1.54) is 0 Å². The van der Waals surface area contributed by atoms with Crippen LogP contribution in [0.5, 0.6) is 11.5 Å². The number of rotatable bonds is 5. The van der Waals surface area contributed by atoms with E-state index in [1.807, 2.05) is 19.1 Å². The van der Waals surface area contributed by atoms with E-state index in [2.05, 4.69) is 13.8 Å². The minimum absolute atomic E-state index is 0.493. The smallest absolute Gasteiger partial charge is 0.138 e. The highest BCUT2D eigenvalue weighted by Crippen LogP contribution is 2.29. The molecule has 0 unspecified atom stereocenters. The molecule has 0 N–H and O–H groups in total. The molecule has 0 aliphatic heterocycles. The van der Waals surface area contributed by atoms with Crippen molar-refractivity contribution in [2.24, 2.45) is 5.92 Å². The van der Waals surface area contributed by atoms with Gasteiger partial charge >= 0.3 is 0 Å². The average molecular weight is 229 g/mol. The van der Waals surface area contributed by atoms with Crippen molar-refractivity contribution in [2.75, 3.05) is 13.2 Å². The van der Waals surface area contributed by atoms with Crippen molar-refractivity contribution in [3.05, 3.63) is 23.2 Å². The molecule has 1 aromatic rings. The van der Waals surface area contributed by atoms with Crippen molar-refractivity contribution in [1.82, 2.24) is 0 Å². The molecule has 84 valence electrons. The van der Waals surface area contributed by atoms with Crippen LogP contribution in [-0.2, 0) is 0 Å². The molecule has 0 aliphatic carbocycles. The molecule has 0 aromatic heterocycles. The second-order valence-electron chi connectivity index (χ2n) is 3.73. The summed E-state index contributed by atoms with van der Waals surface area (Å²) in [5, 5.41) is 0.599. The summed E-state index contributed by atoms with van der Waals surface area (Å²) in [5.74, 6) is 1.99. The van der Waals surface area contributed by atoms with Crippen molar-refractivity contribution in [3.63, 3.8) is 0 Å². The molecule has 0 spiro atoms. The lowest BCUT2D eigenvalue weighted by molar-refractivity contribution is 0.270. The Morgan fingerprint density at radius 1 is 1.27 bits per heavy atom. The third-order valence-corrected chi connectivity index (χ3v) is 2.08. The highest BCUT2D eigenvalue weighted by Gasteiger charge is 2.04. The third-order valence-electron chi connectivity index (χ3n) is 1.79. The fraction of sp³-hybridized carbons (Fsp3) is 0.500. The standard InChI is InChI=1S/C12H17ClO2/c1-4-14-10-5-6-12(11(13)7-10)15-8-9(2)3/h5-7,9H,4,8H2,1-3H3. The van der Waals surface area contributed by atoms with Gasteiger partial charge in [0.15, 0.2) is 0 Å². The summed E-state index contributed by atoms with van der Waals surface area (Å²) in [5.41, 5.74) is 0. The fourth-order valence-corrected chi connectivity index (χ4v) is 1.34. The SMILES string of the molecule is CCOc1ccc(OCC(C)C)c(Cl)c1. The Labute approximate surface area is 96.2 Å². The number of hydrogen-bond donors (Lipinski definition) is 0. The van der Waals surface area contributed by atoms with Crippen LogP contribution in [0.25, 0.3) is 0 Å². The van der Waals surface area contributed by atoms with Gasteiger partial charge in [-0.05, 0) is 25.0 Å². The van der Waals surface area contributed by atoms with Crippen LogP contribution in [-0.4, -0.2) is 13.2 Å². The van der Waals surface area contributed by atoms with E-state index in [4.69, 9.17) is 21.1 Å². The van der Waals surface area contributed by atoms with Gasteiger partial charge in [-0.2, -0.15) is 0 Å². The first-order valence-corrected chi connectivity index (χ1v) is 5.56. The van der Waals surface area contributed by atoms with Crippen molar-refractivity contribution >= 4 is 11.6 Å². The van der Waals surface area contributed by atoms with Crippen LogP contribution in [0.2, 0.25) is 5.02 Å². The molecule has 0 bridgehead atoms. The normalized spacial score (nSPS) is 10.5. The summed E-state index contributed by atoms with van der Waals surface area (Å²) in [4.78, 5) is 0. The van der Waals surface area contributed by atoms with Gasteiger partial charge in [0.05, 0.1) is 18.2 Å². The molecule has 2 nitrogen and oxygen atoms in total. The highest BCUT2D eigenvalue weighted by molar-refractivity contribution is 6.32. The zero-order valence-electron chi connectivity index (χ0n) is 9.42. The van der Waals surface area contributed by atoms with Gasteiger partial charge in [0.25, 0.3) is 0 Å². The fourth-order valence-electron chi connectivity index (χ4n) is 1.11. The molecule has 0 radical (unpaired) electrons. The maximum Gasteiger partial charge on any atom is 0.138 e. The van der Waals surface area contributed by atoms with Crippen LogP contribution in [0.1, 0.15) is 20.8 Å². The molecular formula is C12H17ClO2. The topological polar surface area (TPSA) is 18.5 Å². The van der Waals surface area contributed by atoms with Crippen LogP contribution in [0, 0.1) is 5.92 Å². The molecule has 1 rings (SSSR count). The van der Waals surface area contributed by atoms with Crippen molar-refractivity contribution < 1.29 is 9.47 Å². The molecule has 0 saturated heterocycles. The van der Waals surface area contributed by atoms with Crippen molar-refractivity contribution in [1.29, 1.82) is 0 Å². The van der Waals surface area contributed by atoms with E-state index >= 15 is 0 Å². The van der Waals surface area contributed by atoms with Gasteiger partial charge < -0.3 is 9.47 Å². The molecular weight excluding hydrogens is 212 g/mol. The van der Waals surface area contributed by atoms with E-state index in [9.17, 15) is 0 Å². The molecule has 1 aromatic carbocycles. The van der Waals surface area contributed by atoms with Crippen LogP contribution in [0.4, 0.5) is 0 Å². The van der Waals surface area contributed by atoms with Gasteiger partial charge in [-0.15, -0.1) is 0 Å². The largest absolute Gasteiger partial charge is 0.494 e. The Morgan fingerprint density at radius 3 is 2.53 bits per heavy atom. The van der Waals surface area contributed by atoms with Gasteiger partial charge in [0.2, 0.25) is 0 Å². The van der Waals surface area contributed by atoms with E-state index < -0.39 is 0 Å². The summed E-state index contributed by atoms with van der Waals surface area (Å²) in [6.07, 6.45) is 0. The Kier molecular flexibility index (Phi) is 4.76. The molecule has 15 heavy (non-hydrogen) atoms. The summed E-state index contributed by atoms with van der Waals surface area (Å²) < 4.78 is 10.9. The van der Waals surface area contributed by atoms with Crippen LogP contribution < -0.4 is 9.47 Å². The van der Waals surface area contributed by atoms with Gasteiger partial charge in [0.1, 0.15) is 11.5 Å². The zero-order valence-corrected chi connectivity index (χ0v) is 10.2. The quantitative estimate of drug-likeness (QED) is 0.764. The maximum atomic E-state index is 6.04. The van der Waals surface area contributed by atoms with E-state index in [0.717, 1.165) is 5.75 Å². The lowest BCUT2D eigenvalue weighted by atomic mass is 10.2. The first-order valence-electron chi connectivity index (χ1n) is 5.18. The summed E-state index contributed by atoms with van der Waals surface area (Å²) in [6, 6.07) is 5.49. The molecule has 0 aliphatic rings. The molecule has 0 amide bonds. The number of benzene rings is 1. The van der Waals surface area contributed by atoms with Gasteiger partial charge in [-0.1, -0.05) is 25.4 Å². The lowest BCUT2D eigenvalue weighted by Gasteiger charge is -2.11. The zero-order chi connectivity index (χ0) is 11.3. The Morgan fingerprint density at radius 2 is 2.00 bits per heavy atom. The molecule has 0 heterocycles. The Bertz CT molecular complexity index is 310. The van der Waals surface area contributed by atoms with E-state index in [-0.39, 0.29) is 0 Å². The molecule has 0 saturated carbocycles. The van der Waals surface area contributed by atoms with E-state index in [1.54, 1.807) is 6.07 Å². The number of ether oxygens (including phenoxy) is 2. The minimum Gasteiger partial charge on any atom is -0.494 e. The molecule has 0 fully saturated rings. The van der Waals surface area contributed by atoms with Crippen molar-refractivity contribution in [3.8, 4) is 11.5 Å². The highest BCUT2D eigenvalue weighted by atomic mass is 35.5. The van der Waals surface area contributed by atoms with Gasteiger partial charge in [0, 0.05) is 6.07 Å². The predicted molar refractivity (Wildman–Crippen MR) is 63.0 cm³/mol. The molecule has 3 heteroatoms. The lowest BCUT2D eigenvalue weighted by Crippen LogP contribution is -2.04. The second-order valence-corrected chi connectivity index (χ2v) is 4.14. The Hall–Kier alpha value is -0.890.